The molecule has 0 aromatic carbocycles. The maximum Gasteiger partial charge on any atom is 1.00 e. The molecule has 0 aromatic heterocycles. The molecular weight excluding hydrogens is 109 g/mol. The average Bonchev–Trinajstić information content (AvgIpc) is 0.918. The summed E-state index contributed by atoms with van der Waals surface area (Å²) in [5, 5.41) is 0. The molecule has 0 bridgehead atoms. The topological polar surface area (TPSA) is 37.3 Å². The molecule has 0 unspecified atom stereocenters. The van der Waals surface area contributed by atoms with Crippen LogP contribution in [0, 0.1) is 0 Å². The van der Waals surface area contributed by atoms with Gasteiger partial charge in [0.25, 0.3) is 0 Å². The maximum atomic E-state index is 8.46. The Balaban J connectivity index is -0.00000000333. The molecule has 0 radical (unpaired) electrons. The van der Waals surface area contributed by atoms with Crippen LogP contribution in [0.5, 0.6) is 0 Å². The quantitative estimate of drug-likeness (QED) is 0.250. The van der Waals surface area contributed by atoms with Crippen molar-refractivity contribution in [2.75, 3.05) is 0 Å². The molecule has 0 saturated heterocycles. The summed E-state index contributed by atoms with van der Waals surface area (Å²) in [6.45, 7) is 0. The molecule has 0 saturated carbocycles. The van der Waals surface area contributed by atoms with Gasteiger partial charge < -0.3 is 7.75 Å². The standard InChI is InChI=1S/2Na.HO2P.2H/c;;1-3-2;;/h;;(H,1,2);;/q2*+1;;2*-1. The second-order valence-corrected chi connectivity index (χ2v) is 0.245. The maximum absolute atomic E-state index is 8.46. The van der Waals surface area contributed by atoms with Crippen molar-refractivity contribution in [1.82, 2.24) is 0 Å². The molecule has 0 aliphatic heterocycles. The van der Waals surface area contributed by atoms with Crippen molar-refractivity contribution >= 4 is 8.69 Å². The van der Waals surface area contributed by atoms with E-state index in [1.54, 1.807) is 0 Å². The smallest absolute Gasteiger partial charge is 1.00 e. The van der Waals surface area contributed by atoms with Gasteiger partial charge in [0.1, 0.15) is 0 Å². The van der Waals surface area contributed by atoms with Crippen LogP contribution in [0.1, 0.15) is 2.85 Å². The van der Waals surface area contributed by atoms with E-state index in [0.29, 0.717) is 0 Å². The van der Waals surface area contributed by atoms with Gasteiger partial charge in [-0.25, -0.2) is 4.57 Å². The largest absolute Gasteiger partial charge is 1.00 e. The molecule has 2 nitrogen and oxygen atoms in total. The summed E-state index contributed by atoms with van der Waals surface area (Å²) in [6.07, 6.45) is 0. The van der Waals surface area contributed by atoms with Crippen molar-refractivity contribution in [2.45, 2.75) is 0 Å². The van der Waals surface area contributed by atoms with Crippen LogP contribution < -0.4 is 59.1 Å². The molecule has 0 rings (SSSR count). The monoisotopic (exact) mass is 112 g/mol. The molecule has 0 aromatic rings. The second-order valence-electron chi connectivity index (χ2n) is 0.0816. The molecule has 5 heteroatoms. The first-order valence-corrected chi connectivity index (χ1v) is 1.15. The Kier molecular flexibility index (Phi) is 52.1. The predicted molar refractivity (Wildman–Crippen MR) is 12.0 cm³/mol. The van der Waals surface area contributed by atoms with Gasteiger partial charge in [-0.15, -0.1) is 0 Å². The van der Waals surface area contributed by atoms with Gasteiger partial charge in [-0.05, 0) is 0 Å². The van der Waals surface area contributed by atoms with Gasteiger partial charge in [0, 0.05) is 0 Å². The normalized spacial score (nSPS) is 4.20. The molecule has 22 valence electrons. The molecule has 5 heavy (non-hydrogen) atoms. The van der Waals surface area contributed by atoms with E-state index >= 15 is 0 Å². The van der Waals surface area contributed by atoms with E-state index in [1.807, 2.05) is 0 Å². The van der Waals surface area contributed by atoms with Crippen molar-refractivity contribution in [3.63, 3.8) is 0 Å². The Bertz CT molecular complexity index is 21.2. The molecule has 0 atom stereocenters. The van der Waals surface area contributed by atoms with Crippen LogP contribution in [0.25, 0.3) is 0 Å². The van der Waals surface area contributed by atoms with E-state index in [9.17, 15) is 0 Å². The van der Waals surface area contributed by atoms with Crippen LogP contribution in [-0.4, -0.2) is 4.89 Å². The summed E-state index contributed by atoms with van der Waals surface area (Å²) in [5.74, 6) is 0. The van der Waals surface area contributed by atoms with Crippen LogP contribution in [0.3, 0.4) is 0 Å². The summed E-state index contributed by atoms with van der Waals surface area (Å²) in [7, 11) is -0.833. The van der Waals surface area contributed by atoms with Crippen molar-refractivity contribution in [1.29, 1.82) is 0 Å². The van der Waals surface area contributed by atoms with Gasteiger partial charge >= 0.3 is 67.8 Å². The summed E-state index contributed by atoms with van der Waals surface area (Å²) < 4.78 is 8.46. The van der Waals surface area contributed by atoms with Gasteiger partial charge in [0.05, 0.1) is 0 Å². The van der Waals surface area contributed by atoms with Gasteiger partial charge in [-0.1, -0.05) is 0 Å². The molecule has 0 amide bonds. The Morgan fingerprint density at radius 1 is 1.60 bits per heavy atom. The van der Waals surface area contributed by atoms with Crippen molar-refractivity contribution in [2.24, 2.45) is 0 Å². The molecule has 0 spiro atoms. The fourth-order valence-electron chi connectivity index (χ4n) is 0. The first-order valence-electron chi connectivity index (χ1n) is 0.383. The second kappa shape index (κ2) is 16.6. The molecule has 0 fully saturated rings. The summed E-state index contributed by atoms with van der Waals surface area (Å²) in [5.41, 5.74) is 0. The zero-order valence-electron chi connectivity index (χ0n) is 5.30. The van der Waals surface area contributed by atoms with Crippen molar-refractivity contribution in [3.8, 4) is 0 Å². The van der Waals surface area contributed by atoms with Gasteiger partial charge in [0.15, 0.2) is 0 Å². The fourth-order valence-corrected chi connectivity index (χ4v) is 0. The number of hydrogen-bond acceptors (Lipinski definition) is 1. The Morgan fingerprint density at radius 2 is 1.60 bits per heavy atom. The minimum absolute atomic E-state index is 0. The van der Waals surface area contributed by atoms with Crippen LogP contribution in [0.4, 0.5) is 0 Å². The Labute approximate surface area is 79.2 Å². The summed E-state index contributed by atoms with van der Waals surface area (Å²) in [4.78, 5) is 6.99. The van der Waals surface area contributed by atoms with Crippen LogP contribution in [0.15, 0.2) is 0 Å². The first kappa shape index (κ1) is 15.7. The van der Waals surface area contributed by atoms with Crippen molar-refractivity contribution < 1.29 is 71.4 Å². The van der Waals surface area contributed by atoms with Gasteiger partial charge in [-0.2, -0.15) is 0 Å². The molecule has 0 heterocycles. The van der Waals surface area contributed by atoms with Crippen LogP contribution in [-0.2, 0) is 4.57 Å². The third kappa shape index (κ3) is 23.5. The zero-order valence-corrected chi connectivity index (χ0v) is 8.20. The summed E-state index contributed by atoms with van der Waals surface area (Å²) in [6, 6.07) is 0. The van der Waals surface area contributed by atoms with Crippen LogP contribution in [0.2, 0.25) is 0 Å². The third-order valence-electron chi connectivity index (χ3n) is 0. The number of hydrogen-bond donors (Lipinski definition) is 1. The van der Waals surface area contributed by atoms with Gasteiger partial charge in [0.2, 0.25) is 0 Å². The molecule has 1 N–H and O–H groups in total. The van der Waals surface area contributed by atoms with E-state index in [1.165, 1.54) is 0 Å². The predicted octanol–water partition coefficient (Wildman–Crippen LogP) is -5.58. The van der Waals surface area contributed by atoms with E-state index in [0.717, 1.165) is 0 Å². The average molecular weight is 112 g/mol. The minimum atomic E-state index is -0.833. The Hall–Kier alpha value is 2.06. The first-order chi connectivity index (χ1) is 1.41. The fraction of sp³-hybridized carbons (Fsp3) is 0. The van der Waals surface area contributed by atoms with Crippen LogP contribution >= 0.6 is 8.69 Å². The Morgan fingerprint density at radius 3 is 1.60 bits per heavy atom. The zero-order chi connectivity index (χ0) is 2.71. The van der Waals surface area contributed by atoms with E-state index in [4.69, 9.17) is 9.46 Å². The van der Waals surface area contributed by atoms with E-state index < -0.39 is 8.69 Å². The number of rotatable bonds is 0. The minimum Gasteiger partial charge on any atom is -1.00 e. The summed E-state index contributed by atoms with van der Waals surface area (Å²) >= 11 is 0. The molecule has 0 aliphatic carbocycles. The van der Waals surface area contributed by atoms with E-state index in [2.05, 4.69) is 0 Å². The molecular formula is H3Na2O2P. The molecule has 0 aliphatic rings. The van der Waals surface area contributed by atoms with Gasteiger partial charge in [-0.3, -0.25) is 0 Å². The van der Waals surface area contributed by atoms with E-state index in [-0.39, 0.29) is 62.0 Å². The SMILES string of the molecule is O=PO.[H-].[H-].[Na+].[Na+]. The van der Waals surface area contributed by atoms with Crippen molar-refractivity contribution in [3.05, 3.63) is 0 Å². The third-order valence-corrected chi connectivity index (χ3v) is 0.